The molecule has 0 radical (unpaired) electrons. The van der Waals surface area contributed by atoms with Gasteiger partial charge in [-0.3, -0.25) is 0 Å². The SMILES string of the molecule is c1ccc(-c2ccc(N(c3ccccc3)c3cccc(-c4ccc5oc6cc7c(cc6c5c4)C4(c5ccccc5S7)c5ccccc5-c5ccccc54)c3)cc2)cc1. The Labute approximate surface area is 341 Å². The van der Waals surface area contributed by atoms with Crippen LogP contribution in [0.25, 0.3) is 55.3 Å². The van der Waals surface area contributed by atoms with Crippen LogP contribution in [0.2, 0.25) is 0 Å². The summed E-state index contributed by atoms with van der Waals surface area (Å²) in [7, 11) is 0. The molecule has 3 heteroatoms. The van der Waals surface area contributed by atoms with Gasteiger partial charge in [0.1, 0.15) is 11.2 Å². The second-order valence-electron chi connectivity index (χ2n) is 15.2. The number of nitrogens with zero attached hydrogens (tertiary/aromatic N) is 1. The van der Waals surface area contributed by atoms with Crippen molar-refractivity contribution >= 4 is 50.8 Å². The second kappa shape index (κ2) is 13.0. The molecule has 0 fully saturated rings. The molecule has 1 aliphatic carbocycles. The van der Waals surface area contributed by atoms with Crippen LogP contribution in [0.3, 0.4) is 0 Å². The third kappa shape index (κ3) is 4.93. The molecule has 2 aliphatic rings. The average molecular weight is 758 g/mol. The molecule has 0 bridgehead atoms. The van der Waals surface area contributed by atoms with E-state index in [1.54, 1.807) is 0 Å². The summed E-state index contributed by atoms with van der Waals surface area (Å²) in [5, 5.41) is 2.26. The first-order valence-electron chi connectivity index (χ1n) is 19.8. The van der Waals surface area contributed by atoms with Gasteiger partial charge in [0.2, 0.25) is 0 Å². The van der Waals surface area contributed by atoms with Gasteiger partial charge in [-0.2, -0.15) is 0 Å². The number of para-hydroxylation sites is 1. The van der Waals surface area contributed by atoms with Crippen LogP contribution in [-0.4, -0.2) is 0 Å². The Hall–Kier alpha value is -7.07. The molecule has 1 spiro atoms. The summed E-state index contributed by atoms with van der Waals surface area (Å²) < 4.78 is 6.69. The Balaban J connectivity index is 1.01. The molecule has 0 saturated heterocycles. The number of rotatable bonds is 5. The molecule has 1 aliphatic heterocycles. The lowest BCUT2D eigenvalue weighted by Gasteiger charge is -2.39. The zero-order valence-corrected chi connectivity index (χ0v) is 32.3. The maximum atomic E-state index is 6.69. The van der Waals surface area contributed by atoms with Crippen molar-refractivity contribution < 1.29 is 4.42 Å². The molecule has 58 heavy (non-hydrogen) atoms. The van der Waals surface area contributed by atoms with Crippen molar-refractivity contribution in [1.29, 1.82) is 0 Å². The normalized spacial score (nSPS) is 13.2. The minimum Gasteiger partial charge on any atom is -0.456 e. The smallest absolute Gasteiger partial charge is 0.136 e. The molecular weight excluding hydrogens is 723 g/mol. The fourth-order valence-corrected chi connectivity index (χ4v) is 10.8. The van der Waals surface area contributed by atoms with Gasteiger partial charge in [0.15, 0.2) is 0 Å². The molecule has 12 rings (SSSR count). The average Bonchev–Trinajstić information content (AvgIpc) is 3.80. The fourth-order valence-electron chi connectivity index (χ4n) is 9.59. The number of anilines is 3. The largest absolute Gasteiger partial charge is 0.456 e. The predicted molar refractivity (Wildman–Crippen MR) is 241 cm³/mol. The van der Waals surface area contributed by atoms with Gasteiger partial charge in [-0.1, -0.05) is 157 Å². The highest BCUT2D eigenvalue weighted by atomic mass is 32.2. The lowest BCUT2D eigenvalue weighted by Crippen LogP contribution is -2.31. The molecule has 0 N–H and O–H groups in total. The van der Waals surface area contributed by atoms with E-state index in [1.165, 1.54) is 54.3 Å². The maximum Gasteiger partial charge on any atom is 0.136 e. The van der Waals surface area contributed by atoms with Crippen LogP contribution in [0, 0.1) is 0 Å². The van der Waals surface area contributed by atoms with E-state index in [9.17, 15) is 0 Å². The van der Waals surface area contributed by atoms with Crippen LogP contribution in [0.4, 0.5) is 17.1 Å². The molecule has 1 aromatic heterocycles. The van der Waals surface area contributed by atoms with E-state index in [0.717, 1.165) is 50.1 Å². The van der Waals surface area contributed by atoms with Crippen molar-refractivity contribution in [3.8, 4) is 33.4 Å². The van der Waals surface area contributed by atoms with Crippen molar-refractivity contribution in [3.63, 3.8) is 0 Å². The summed E-state index contributed by atoms with van der Waals surface area (Å²) in [5.74, 6) is 0. The van der Waals surface area contributed by atoms with Gasteiger partial charge in [-0.15, -0.1) is 0 Å². The molecular formula is C55H35NOS. The molecule has 0 atom stereocenters. The van der Waals surface area contributed by atoms with Crippen molar-refractivity contribution in [2.75, 3.05) is 4.90 Å². The maximum absolute atomic E-state index is 6.69. The molecule has 0 amide bonds. The molecule has 9 aromatic carbocycles. The minimum atomic E-state index is -0.436. The van der Waals surface area contributed by atoms with E-state index in [1.807, 2.05) is 11.8 Å². The summed E-state index contributed by atoms with van der Waals surface area (Å²) in [4.78, 5) is 4.86. The first kappa shape index (κ1) is 33.1. The van der Waals surface area contributed by atoms with Crippen molar-refractivity contribution in [1.82, 2.24) is 0 Å². The second-order valence-corrected chi connectivity index (χ2v) is 16.3. The van der Waals surface area contributed by atoms with Crippen LogP contribution in [0.1, 0.15) is 22.3 Å². The van der Waals surface area contributed by atoms with Crippen molar-refractivity contribution in [3.05, 3.63) is 235 Å². The number of benzene rings is 9. The van der Waals surface area contributed by atoms with Crippen LogP contribution in [0.15, 0.2) is 227 Å². The Bertz CT molecular complexity index is 3160. The summed E-state index contributed by atoms with van der Waals surface area (Å²) in [6.07, 6.45) is 0. The molecule has 10 aromatic rings. The topological polar surface area (TPSA) is 16.4 Å². The first-order chi connectivity index (χ1) is 28.7. The molecule has 0 unspecified atom stereocenters. The van der Waals surface area contributed by atoms with Crippen LogP contribution >= 0.6 is 11.8 Å². The molecule has 2 nitrogen and oxygen atoms in total. The fraction of sp³-hybridized carbons (Fsp3) is 0.0182. The lowest BCUT2D eigenvalue weighted by atomic mass is 9.67. The highest BCUT2D eigenvalue weighted by Crippen LogP contribution is 2.62. The lowest BCUT2D eigenvalue weighted by molar-refractivity contribution is 0.664. The van der Waals surface area contributed by atoms with Crippen molar-refractivity contribution in [2.45, 2.75) is 15.2 Å². The standard InChI is InChI=1S/C55H35NOS/c1-3-14-36(15-4-1)37-26-29-41(30-27-37)56(40-17-5-2-6-18-40)42-19-13-16-38(32-42)39-28-31-51-45(33-39)46-34-50-54(35-52(46)57-51)58-53-25-12-11-24-49(53)55(50)47-22-9-7-20-43(47)44-21-8-10-23-48(44)55/h1-35H. The first-order valence-corrected chi connectivity index (χ1v) is 20.6. The van der Waals surface area contributed by atoms with Crippen molar-refractivity contribution in [2.24, 2.45) is 0 Å². The van der Waals surface area contributed by atoms with Gasteiger partial charge >= 0.3 is 0 Å². The van der Waals surface area contributed by atoms with Gasteiger partial charge < -0.3 is 9.32 Å². The van der Waals surface area contributed by atoms with Gasteiger partial charge in [0.25, 0.3) is 0 Å². The summed E-state index contributed by atoms with van der Waals surface area (Å²) >= 11 is 1.85. The third-order valence-electron chi connectivity index (χ3n) is 12.1. The Morgan fingerprint density at radius 1 is 0.345 bits per heavy atom. The highest BCUT2D eigenvalue weighted by molar-refractivity contribution is 7.99. The quantitative estimate of drug-likeness (QED) is 0.174. The van der Waals surface area contributed by atoms with E-state index in [2.05, 4.69) is 217 Å². The van der Waals surface area contributed by atoms with Gasteiger partial charge in [-0.05, 0) is 122 Å². The Morgan fingerprint density at radius 3 is 1.66 bits per heavy atom. The number of hydrogen-bond acceptors (Lipinski definition) is 3. The highest BCUT2D eigenvalue weighted by Gasteiger charge is 2.50. The van der Waals surface area contributed by atoms with E-state index < -0.39 is 5.41 Å². The van der Waals surface area contributed by atoms with E-state index >= 15 is 0 Å². The Kier molecular flexibility index (Phi) is 7.41. The predicted octanol–water partition coefficient (Wildman–Crippen LogP) is 15.2. The number of fused-ring (bicyclic) bond motifs is 12. The van der Waals surface area contributed by atoms with Gasteiger partial charge in [0, 0.05) is 37.6 Å². The molecule has 272 valence electrons. The summed E-state index contributed by atoms with van der Waals surface area (Å²) in [6.45, 7) is 0. The summed E-state index contributed by atoms with van der Waals surface area (Å²) in [6, 6.07) is 77.3. The summed E-state index contributed by atoms with van der Waals surface area (Å²) in [5.41, 5.74) is 17.3. The van der Waals surface area contributed by atoms with Gasteiger partial charge in [-0.25, -0.2) is 0 Å². The van der Waals surface area contributed by atoms with E-state index in [4.69, 9.17) is 4.42 Å². The van der Waals surface area contributed by atoms with Crippen LogP contribution in [0.5, 0.6) is 0 Å². The minimum absolute atomic E-state index is 0.436. The number of hydrogen-bond donors (Lipinski definition) is 0. The number of furan rings is 1. The van der Waals surface area contributed by atoms with Crippen LogP contribution in [-0.2, 0) is 5.41 Å². The Morgan fingerprint density at radius 2 is 0.897 bits per heavy atom. The zero-order chi connectivity index (χ0) is 38.2. The van der Waals surface area contributed by atoms with E-state index in [0.29, 0.717) is 0 Å². The van der Waals surface area contributed by atoms with Crippen LogP contribution < -0.4 is 4.90 Å². The van der Waals surface area contributed by atoms with E-state index in [-0.39, 0.29) is 0 Å². The molecule has 0 saturated carbocycles. The third-order valence-corrected chi connectivity index (χ3v) is 13.3. The monoisotopic (exact) mass is 757 g/mol. The van der Waals surface area contributed by atoms with Gasteiger partial charge in [0.05, 0.1) is 5.41 Å². The zero-order valence-electron chi connectivity index (χ0n) is 31.5. The molecule has 2 heterocycles.